The van der Waals surface area contributed by atoms with Crippen LogP contribution in [0.5, 0.6) is 0 Å². The number of carbonyl (C=O) groups is 1. The molecule has 6 heteroatoms. The molecule has 104 valence electrons. The summed E-state index contributed by atoms with van der Waals surface area (Å²) in [6.07, 6.45) is 5.59. The number of ether oxygens (including phenoxy) is 1. The van der Waals surface area contributed by atoms with Crippen molar-refractivity contribution in [2.75, 3.05) is 7.11 Å². The van der Waals surface area contributed by atoms with E-state index < -0.39 is 0 Å². The minimum absolute atomic E-state index is 0.0791. The molecule has 3 N–H and O–H groups in total. The lowest BCUT2D eigenvalue weighted by Crippen LogP contribution is -2.50. The molecule has 1 fully saturated rings. The predicted octanol–water partition coefficient (Wildman–Crippen LogP) is 0.108. The molecule has 1 amide bonds. The lowest BCUT2D eigenvalue weighted by molar-refractivity contribution is -0.124. The highest BCUT2D eigenvalue weighted by molar-refractivity contribution is 5.82. The van der Waals surface area contributed by atoms with Gasteiger partial charge in [0.25, 0.3) is 0 Å². The van der Waals surface area contributed by atoms with Gasteiger partial charge in [0.15, 0.2) is 0 Å². The fraction of sp³-hybridized carbons (Fsp3) is 0.692. The molecule has 1 aromatic heterocycles. The molecule has 2 aliphatic rings. The lowest BCUT2D eigenvalue weighted by Gasteiger charge is -2.24. The van der Waals surface area contributed by atoms with E-state index in [9.17, 15) is 4.79 Å². The molecule has 19 heavy (non-hydrogen) atoms. The number of fused-ring (bicyclic) bond motifs is 1. The van der Waals surface area contributed by atoms with Crippen LogP contribution in [0, 0.1) is 0 Å². The highest BCUT2D eigenvalue weighted by Gasteiger charge is 2.30. The molecule has 3 unspecified atom stereocenters. The van der Waals surface area contributed by atoms with Crippen LogP contribution in [0.3, 0.4) is 0 Å². The van der Waals surface area contributed by atoms with E-state index in [1.54, 1.807) is 13.4 Å². The molecule has 2 heterocycles. The Morgan fingerprint density at radius 2 is 2.42 bits per heavy atom. The van der Waals surface area contributed by atoms with Crippen molar-refractivity contribution in [1.82, 2.24) is 20.6 Å². The average molecular weight is 264 g/mol. The van der Waals surface area contributed by atoms with Gasteiger partial charge in [-0.15, -0.1) is 0 Å². The molecule has 0 saturated heterocycles. The van der Waals surface area contributed by atoms with Gasteiger partial charge in [0.1, 0.15) is 0 Å². The van der Waals surface area contributed by atoms with Gasteiger partial charge in [-0.05, 0) is 19.3 Å². The molecule has 0 bridgehead atoms. The summed E-state index contributed by atoms with van der Waals surface area (Å²) in [5.41, 5.74) is 2.09. The Kier molecular flexibility index (Phi) is 3.52. The summed E-state index contributed by atoms with van der Waals surface area (Å²) < 4.78 is 5.32. The van der Waals surface area contributed by atoms with Gasteiger partial charge in [0, 0.05) is 26.1 Å². The Morgan fingerprint density at radius 3 is 3.21 bits per heavy atom. The summed E-state index contributed by atoms with van der Waals surface area (Å²) in [7, 11) is 1.73. The Morgan fingerprint density at radius 1 is 1.53 bits per heavy atom. The number of amides is 1. The van der Waals surface area contributed by atoms with Gasteiger partial charge in [0.05, 0.1) is 29.9 Å². The van der Waals surface area contributed by atoms with Crippen LogP contribution in [0.25, 0.3) is 0 Å². The maximum Gasteiger partial charge on any atom is 0.237 e. The molecule has 1 saturated carbocycles. The zero-order valence-electron chi connectivity index (χ0n) is 11.1. The number of rotatable bonds is 3. The highest BCUT2D eigenvalue weighted by Crippen LogP contribution is 2.21. The second-order valence-corrected chi connectivity index (χ2v) is 5.34. The predicted molar refractivity (Wildman–Crippen MR) is 69.5 cm³/mol. The van der Waals surface area contributed by atoms with Crippen molar-refractivity contribution in [3.63, 3.8) is 0 Å². The Balaban J connectivity index is 1.54. The summed E-state index contributed by atoms with van der Waals surface area (Å²) in [6.45, 7) is 0.679. The van der Waals surface area contributed by atoms with Crippen LogP contribution in [-0.2, 0) is 22.5 Å². The van der Waals surface area contributed by atoms with Crippen molar-refractivity contribution in [2.24, 2.45) is 0 Å². The average Bonchev–Trinajstić information content (AvgIpc) is 3.05. The minimum atomic E-state index is -0.169. The molecule has 3 atom stereocenters. The number of aromatic nitrogens is 2. The molecule has 0 aromatic carbocycles. The number of hydrogen-bond acceptors (Lipinski definition) is 4. The number of nitrogens with one attached hydrogen (secondary N) is 3. The van der Waals surface area contributed by atoms with Crippen LogP contribution < -0.4 is 10.6 Å². The SMILES string of the molecule is COC1CCC(NC(=O)C2Cc3nc[nH]c3CN2)C1. The monoisotopic (exact) mass is 264 g/mol. The maximum absolute atomic E-state index is 12.2. The second kappa shape index (κ2) is 5.30. The quantitative estimate of drug-likeness (QED) is 0.724. The van der Waals surface area contributed by atoms with Crippen molar-refractivity contribution in [1.29, 1.82) is 0 Å². The van der Waals surface area contributed by atoms with E-state index in [0.29, 0.717) is 19.1 Å². The molecule has 0 spiro atoms. The number of H-pyrrole nitrogens is 1. The van der Waals surface area contributed by atoms with Gasteiger partial charge in [-0.2, -0.15) is 0 Å². The van der Waals surface area contributed by atoms with Crippen LogP contribution >= 0.6 is 0 Å². The normalized spacial score (nSPS) is 30.1. The Labute approximate surface area is 112 Å². The van der Waals surface area contributed by atoms with Crippen molar-refractivity contribution in [3.05, 3.63) is 17.7 Å². The number of methoxy groups -OCH3 is 1. The fourth-order valence-corrected chi connectivity index (χ4v) is 2.94. The summed E-state index contributed by atoms with van der Waals surface area (Å²) in [5.74, 6) is 0.0791. The number of hydrogen-bond donors (Lipinski definition) is 3. The van der Waals surface area contributed by atoms with Crippen molar-refractivity contribution in [2.45, 2.75) is 50.4 Å². The molecule has 1 aromatic rings. The van der Waals surface area contributed by atoms with Crippen LogP contribution in [0.4, 0.5) is 0 Å². The first kappa shape index (κ1) is 12.6. The first-order valence-corrected chi connectivity index (χ1v) is 6.84. The van der Waals surface area contributed by atoms with Gasteiger partial charge in [-0.3, -0.25) is 10.1 Å². The van der Waals surface area contributed by atoms with E-state index in [1.165, 1.54) is 0 Å². The van der Waals surface area contributed by atoms with Gasteiger partial charge < -0.3 is 15.0 Å². The topological polar surface area (TPSA) is 79.0 Å². The number of imidazole rings is 1. The third kappa shape index (κ3) is 2.64. The highest BCUT2D eigenvalue weighted by atomic mass is 16.5. The van der Waals surface area contributed by atoms with E-state index in [1.807, 2.05) is 0 Å². The van der Waals surface area contributed by atoms with E-state index in [4.69, 9.17) is 4.74 Å². The third-order valence-corrected chi connectivity index (χ3v) is 4.11. The van der Waals surface area contributed by atoms with Crippen LogP contribution in [-0.4, -0.2) is 41.2 Å². The van der Waals surface area contributed by atoms with Crippen LogP contribution in [0.2, 0.25) is 0 Å². The van der Waals surface area contributed by atoms with E-state index in [2.05, 4.69) is 20.6 Å². The van der Waals surface area contributed by atoms with Crippen molar-refractivity contribution < 1.29 is 9.53 Å². The first-order valence-electron chi connectivity index (χ1n) is 6.84. The molecule has 1 aliphatic heterocycles. The number of carbonyl (C=O) groups excluding carboxylic acids is 1. The minimum Gasteiger partial charge on any atom is -0.381 e. The molecule has 1 aliphatic carbocycles. The summed E-state index contributed by atoms with van der Waals surface area (Å²) >= 11 is 0. The summed E-state index contributed by atoms with van der Waals surface area (Å²) in [6, 6.07) is 0.0808. The Bertz CT molecular complexity index is 459. The van der Waals surface area contributed by atoms with Gasteiger partial charge >= 0.3 is 0 Å². The summed E-state index contributed by atoms with van der Waals surface area (Å²) in [5, 5.41) is 6.36. The smallest absolute Gasteiger partial charge is 0.237 e. The van der Waals surface area contributed by atoms with E-state index in [0.717, 1.165) is 30.7 Å². The first-order chi connectivity index (χ1) is 9.26. The third-order valence-electron chi connectivity index (χ3n) is 4.11. The zero-order chi connectivity index (χ0) is 13.2. The lowest BCUT2D eigenvalue weighted by atomic mass is 10.0. The maximum atomic E-state index is 12.2. The van der Waals surface area contributed by atoms with Gasteiger partial charge in [-0.25, -0.2) is 4.98 Å². The number of aromatic amines is 1. The zero-order valence-corrected chi connectivity index (χ0v) is 11.1. The van der Waals surface area contributed by atoms with Crippen LogP contribution in [0.15, 0.2) is 6.33 Å². The molecular weight excluding hydrogens is 244 g/mol. The molecular formula is C13H20N4O2. The van der Waals surface area contributed by atoms with Crippen LogP contribution in [0.1, 0.15) is 30.7 Å². The van der Waals surface area contributed by atoms with E-state index >= 15 is 0 Å². The fourth-order valence-electron chi connectivity index (χ4n) is 2.94. The van der Waals surface area contributed by atoms with Gasteiger partial charge in [0.2, 0.25) is 5.91 Å². The van der Waals surface area contributed by atoms with E-state index in [-0.39, 0.29) is 18.0 Å². The molecule has 3 rings (SSSR count). The van der Waals surface area contributed by atoms with Crippen molar-refractivity contribution in [3.8, 4) is 0 Å². The number of nitrogens with zero attached hydrogens (tertiary/aromatic N) is 1. The molecule has 0 radical (unpaired) electrons. The second-order valence-electron chi connectivity index (χ2n) is 5.34. The standard InChI is InChI=1S/C13H20N4O2/c1-19-9-3-2-8(4-9)17-13(18)11-5-10-12(6-14-11)16-7-15-10/h7-9,11,14H,2-6H2,1H3,(H,15,16)(H,17,18). The molecule has 6 nitrogen and oxygen atoms in total. The summed E-state index contributed by atoms with van der Waals surface area (Å²) in [4.78, 5) is 19.6. The Hall–Kier alpha value is -1.40. The van der Waals surface area contributed by atoms with Crippen molar-refractivity contribution >= 4 is 5.91 Å². The largest absolute Gasteiger partial charge is 0.381 e. The van der Waals surface area contributed by atoms with Gasteiger partial charge in [-0.1, -0.05) is 0 Å².